The molecule has 4 aromatic rings. The highest BCUT2D eigenvalue weighted by atomic mass is 16.7. The van der Waals surface area contributed by atoms with Crippen molar-refractivity contribution in [3.63, 3.8) is 0 Å². The van der Waals surface area contributed by atoms with Gasteiger partial charge in [0.2, 0.25) is 0 Å². The normalized spacial score (nSPS) is 21.7. The minimum Gasteiger partial charge on any atom is -0.374 e. The van der Waals surface area contributed by atoms with Crippen molar-refractivity contribution in [3.05, 3.63) is 144 Å². The monoisotopic (exact) mass is 570 g/mol. The van der Waals surface area contributed by atoms with Crippen LogP contribution in [0.25, 0.3) is 0 Å². The van der Waals surface area contributed by atoms with E-state index >= 15 is 0 Å². The third-order valence-corrected chi connectivity index (χ3v) is 6.86. The molecule has 1 fully saturated rings. The van der Waals surface area contributed by atoms with Gasteiger partial charge in [-0.2, -0.15) is 0 Å². The van der Waals surface area contributed by atoms with Gasteiger partial charge in [-0.25, -0.2) is 0 Å². The smallest absolute Gasteiger partial charge is 0.184 e. The highest BCUT2D eigenvalue weighted by molar-refractivity contribution is 5.16. The molecule has 1 N–H and O–H groups in total. The summed E-state index contributed by atoms with van der Waals surface area (Å²) in [5, 5.41) is 11.2. The summed E-state index contributed by atoms with van der Waals surface area (Å²) in [5.74, 6) is 0. The van der Waals surface area contributed by atoms with Crippen LogP contribution in [0.2, 0.25) is 0 Å². The SMILES string of the molecule is C=O.O[C@H]1O[C@H](COCc2ccccc2)[C@H](OCc2ccccc2)[C@H](OCc2ccccc2)[C@H]1OCc1ccccc1. The van der Waals surface area contributed by atoms with E-state index in [2.05, 4.69) is 0 Å². The number of rotatable bonds is 13. The van der Waals surface area contributed by atoms with Crippen molar-refractivity contribution < 1.29 is 33.6 Å². The molecule has 0 unspecified atom stereocenters. The molecule has 0 bridgehead atoms. The summed E-state index contributed by atoms with van der Waals surface area (Å²) in [4.78, 5) is 8.00. The number of aliphatic hydroxyl groups is 1. The minimum atomic E-state index is -1.22. The Morgan fingerprint density at radius 2 is 0.881 bits per heavy atom. The van der Waals surface area contributed by atoms with Crippen LogP contribution in [0, 0.1) is 0 Å². The Labute approximate surface area is 247 Å². The first-order valence-corrected chi connectivity index (χ1v) is 14.0. The standard InChI is InChI=1S/C34H36O6.CH2O/c35-34-33(39-24-29-19-11-4-12-20-29)32(38-23-28-17-9-3-10-18-28)31(37-22-27-15-7-2-8-16-27)30(40-34)25-36-21-26-13-5-1-6-14-26;1-2/h1-20,30-35H,21-25H2;1H2/t30-,31+,32+,33-,34+;/m1./s1. The Kier molecular flexibility index (Phi) is 12.9. The van der Waals surface area contributed by atoms with Gasteiger partial charge >= 0.3 is 0 Å². The van der Waals surface area contributed by atoms with Crippen molar-refractivity contribution in [2.75, 3.05) is 6.61 Å². The fraction of sp³-hybridized carbons (Fsp3) is 0.286. The number of benzene rings is 4. The summed E-state index contributed by atoms with van der Waals surface area (Å²) < 4.78 is 31.4. The molecule has 1 aliphatic rings. The molecular weight excluding hydrogens is 532 g/mol. The molecule has 1 heterocycles. The van der Waals surface area contributed by atoms with Gasteiger partial charge in [0, 0.05) is 0 Å². The molecule has 7 heteroatoms. The Bertz CT molecular complexity index is 1260. The zero-order valence-corrected chi connectivity index (χ0v) is 23.6. The van der Waals surface area contributed by atoms with Gasteiger partial charge in [0.1, 0.15) is 31.2 Å². The van der Waals surface area contributed by atoms with E-state index in [1.807, 2.05) is 128 Å². The number of hydrogen-bond acceptors (Lipinski definition) is 7. The van der Waals surface area contributed by atoms with E-state index in [4.69, 9.17) is 28.5 Å². The molecule has 0 spiro atoms. The average Bonchev–Trinajstić information content (AvgIpc) is 3.05. The molecule has 0 aliphatic carbocycles. The second-order valence-corrected chi connectivity index (χ2v) is 9.85. The van der Waals surface area contributed by atoms with E-state index in [1.54, 1.807) is 0 Å². The van der Waals surface area contributed by atoms with E-state index < -0.39 is 30.7 Å². The van der Waals surface area contributed by atoms with Crippen LogP contribution >= 0.6 is 0 Å². The fourth-order valence-corrected chi connectivity index (χ4v) is 4.77. The van der Waals surface area contributed by atoms with Crippen LogP contribution in [-0.2, 0) is 54.9 Å². The minimum absolute atomic E-state index is 0.224. The highest BCUT2D eigenvalue weighted by Crippen LogP contribution is 2.30. The van der Waals surface area contributed by atoms with Gasteiger partial charge in [-0.05, 0) is 22.3 Å². The molecule has 42 heavy (non-hydrogen) atoms. The van der Waals surface area contributed by atoms with Gasteiger partial charge in [0.15, 0.2) is 6.29 Å². The molecule has 1 aliphatic heterocycles. The number of carbonyl (C=O) groups is 1. The molecule has 220 valence electrons. The third-order valence-electron chi connectivity index (χ3n) is 6.86. The van der Waals surface area contributed by atoms with E-state index in [0.29, 0.717) is 26.4 Å². The largest absolute Gasteiger partial charge is 0.374 e. The molecule has 4 aromatic carbocycles. The molecule has 5 atom stereocenters. The zero-order chi connectivity index (χ0) is 29.4. The van der Waals surface area contributed by atoms with Crippen LogP contribution < -0.4 is 0 Å². The van der Waals surface area contributed by atoms with Crippen molar-refractivity contribution in [1.82, 2.24) is 0 Å². The molecule has 0 amide bonds. The summed E-state index contributed by atoms with van der Waals surface area (Å²) >= 11 is 0. The van der Waals surface area contributed by atoms with Gasteiger partial charge < -0.3 is 33.6 Å². The fourth-order valence-electron chi connectivity index (χ4n) is 4.77. The molecular formula is C35H38O7. The lowest BCUT2D eigenvalue weighted by Crippen LogP contribution is -2.61. The van der Waals surface area contributed by atoms with Gasteiger partial charge in [0.05, 0.1) is 33.0 Å². The van der Waals surface area contributed by atoms with Crippen LogP contribution in [0.1, 0.15) is 22.3 Å². The van der Waals surface area contributed by atoms with Crippen molar-refractivity contribution in [3.8, 4) is 0 Å². The van der Waals surface area contributed by atoms with Crippen molar-refractivity contribution >= 4 is 6.79 Å². The quantitative estimate of drug-likeness (QED) is 0.228. The van der Waals surface area contributed by atoms with E-state index in [1.165, 1.54) is 0 Å². The zero-order valence-electron chi connectivity index (χ0n) is 23.6. The maximum atomic E-state index is 11.2. The molecule has 0 radical (unpaired) electrons. The van der Waals surface area contributed by atoms with E-state index in [-0.39, 0.29) is 6.61 Å². The van der Waals surface area contributed by atoms with Crippen molar-refractivity contribution in [1.29, 1.82) is 0 Å². The second-order valence-electron chi connectivity index (χ2n) is 9.85. The number of ether oxygens (including phenoxy) is 5. The van der Waals surface area contributed by atoms with Crippen LogP contribution in [0.5, 0.6) is 0 Å². The van der Waals surface area contributed by atoms with Gasteiger partial charge in [-0.1, -0.05) is 121 Å². The lowest BCUT2D eigenvalue weighted by atomic mass is 9.98. The molecule has 7 nitrogen and oxygen atoms in total. The van der Waals surface area contributed by atoms with E-state index in [0.717, 1.165) is 22.3 Å². The number of aliphatic hydroxyl groups excluding tert-OH is 1. The molecule has 0 aromatic heterocycles. The van der Waals surface area contributed by atoms with Gasteiger partial charge in [0.25, 0.3) is 0 Å². The summed E-state index contributed by atoms with van der Waals surface area (Å²) in [6.45, 7) is 3.65. The van der Waals surface area contributed by atoms with Crippen molar-refractivity contribution in [2.24, 2.45) is 0 Å². The Hall–Kier alpha value is -3.69. The summed E-state index contributed by atoms with van der Waals surface area (Å²) in [7, 11) is 0. The summed E-state index contributed by atoms with van der Waals surface area (Å²) in [5.41, 5.74) is 4.10. The predicted molar refractivity (Wildman–Crippen MR) is 159 cm³/mol. The summed E-state index contributed by atoms with van der Waals surface area (Å²) in [6, 6.07) is 39.7. The van der Waals surface area contributed by atoms with Crippen LogP contribution in [-0.4, -0.2) is 49.2 Å². The van der Waals surface area contributed by atoms with Crippen LogP contribution in [0.4, 0.5) is 0 Å². The first kappa shape index (κ1) is 31.3. The van der Waals surface area contributed by atoms with Gasteiger partial charge in [-0.15, -0.1) is 0 Å². The lowest BCUT2D eigenvalue weighted by molar-refractivity contribution is -0.317. The van der Waals surface area contributed by atoms with Crippen LogP contribution in [0.15, 0.2) is 121 Å². The maximum absolute atomic E-state index is 11.2. The molecule has 1 saturated heterocycles. The lowest BCUT2D eigenvalue weighted by Gasteiger charge is -2.44. The first-order chi connectivity index (χ1) is 20.8. The van der Waals surface area contributed by atoms with Crippen molar-refractivity contribution in [2.45, 2.75) is 57.1 Å². The Morgan fingerprint density at radius 1 is 0.524 bits per heavy atom. The average molecular weight is 571 g/mol. The summed E-state index contributed by atoms with van der Waals surface area (Å²) in [6.07, 6.45) is -3.72. The van der Waals surface area contributed by atoms with Gasteiger partial charge in [-0.3, -0.25) is 0 Å². The second kappa shape index (κ2) is 17.3. The highest BCUT2D eigenvalue weighted by Gasteiger charge is 2.48. The van der Waals surface area contributed by atoms with E-state index in [9.17, 15) is 5.11 Å². The maximum Gasteiger partial charge on any atom is 0.184 e. The number of hydrogen-bond donors (Lipinski definition) is 1. The Morgan fingerprint density at radius 3 is 1.31 bits per heavy atom. The topological polar surface area (TPSA) is 83.5 Å². The third kappa shape index (κ3) is 9.42. The molecule has 0 saturated carbocycles. The predicted octanol–water partition coefficient (Wildman–Crippen LogP) is 5.49. The van der Waals surface area contributed by atoms with Crippen LogP contribution in [0.3, 0.4) is 0 Å². The number of carbonyl (C=O) groups excluding carboxylic acids is 1. The Balaban J connectivity index is 0.00000198. The first-order valence-electron chi connectivity index (χ1n) is 14.0. The molecule has 5 rings (SSSR count).